The molecule has 18 heavy (non-hydrogen) atoms. The van der Waals surface area contributed by atoms with E-state index in [-0.39, 0.29) is 10.4 Å². The molecule has 5 nitrogen and oxygen atoms in total. The van der Waals surface area contributed by atoms with E-state index < -0.39 is 5.56 Å². The van der Waals surface area contributed by atoms with Crippen LogP contribution in [-0.2, 0) is 0 Å². The summed E-state index contributed by atoms with van der Waals surface area (Å²) in [6, 6.07) is 3.79. The summed E-state index contributed by atoms with van der Waals surface area (Å²) in [4.78, 5) is 22.3. The van der Waals surface area contributed by atoms with Gasteiger partial charge in [-0.3, -0.25) is 9.78 Å². The minimum Gasteiger partial charge on any atom is -0.492 e. The fourth-order valence-corrected chi connectivity index (χ4v) is 2.53. The number of hydrogen-bond acceptors (Lipinski definition) is 5. The number of aromatic nitrogens is 3. The molecule has 0 aliphatic carbocycles. The fourth-order valence-electron chi connectivity index (χ4n) is 1.56. The first-order chi connectivity index (χ1) is 8.65. The molecular formula is C11H6BrN3O2S. The lowest BCUT2D eigenvalue weighted by Gasteiger charge is -2.02. The summed E-state index contributed by atoms with van der Waals surface area (Å²) in [6.45, 7) is 0. The summed E-state index contributed by atoms with van der Waals surface area (Å²) >= 11 is 4.50. The highest BCUT2D eigenvalue weighted by atomic mass is 79.9. The first kappa shape index (κ1) is 11.4. The molecule has 0 atom stereocenters. The highest BCUT2D eigenvalue weighted by molar-refractivity contribution is 9.10. The Hall–Kier alpha value is -1.73. The molecule has 2 N–H and O–H groups in total. The Bertz CT molecular complexity index is 796. The van der Waals surface area contributed by atoms with Crippen LogP contribution in [0, 0.1) is 0 Å². The lowest BCUT2D eigenvalue weighted by Crippen LogP contribution is -2.09. The topological polar surface area (TPSA) is 78.9 Å². The number of H-pyrrole nitrogens is 1. The molecule has 7 heteroatoms. The van der Waals surface area contributed by atoms with Gasteiger partial charge >= 0.3 is 0 Å². The third-order valence-electron chi connectivity index (χ3n) is 2.42. The van der Waals surface area contributed by atoms with Crippen LogP contribution in [0.5, 0.6) is 5.88 Å². The third-order valence-corrected chi connectivity index (χ3v) is 3.99. The number of nitrogens with zero attached hydrogens (tertiary/aromatic N) is 2. The van der Waals surface area contributed by atoms with E-state index in [4.69, 9.17) is 0 Å². The first-order valence-corrected chi connectivity index (χ1v) is 6.65. The maximum Gasteiger partial charge on any atom is 0.269 e. The number of aromatic amines is 1. The van der Waals surface area contributed by atoms with Crippen LogP contribution in [0.4, 0.5) is 0 Å². The Morgan fingerprint density at radius 1 is 1.44 bits per heavy atom. The second kappa shape index (κ2) is 4.18. The van der Waals surface area contributed by atoms with Crippen molar-refractivity contribution in [3.63, 3.8) is 0 Å². The van der Waals surface area contributed by atoms with Crippen molar-refractivity contribution in [1.82, 2.24) is 15.0 Å². The summed E-state index contributed by atoms with van der Waals surface area (Å²) in [5, 5.41) is 11.5. The molecule has 0 bridgehead atoms. The molecule has 3 aromatic heterocycles. The van der Waals surface area contributed by atoms with Crippen molar-refractivity contribution in [2.75, 3.05) is 0 Å². The molecule has 0 fully saturated rings. The Morgan fingerprint density at radius 2 is 2.28 bits per heavy atom. The number of hydrogen-bond donors (Lipinski definition) is 2. The van der Waals surface area contributed by atoms with Crippen molar-refractivity contribution in [2.24, 2.45) is 0 Å². The summed E-state index contributed by atoms with van der Waals surface area (Å²) in [7, 11) is 0. The number of thiophene rings is 1. The lowest BCUT2D eigenvalue weighted by atomic mass is 10.2. The van der Waals surface area contributed by atoms with Gasteiger partial charge in [-0.05, 0) is 33.4 Å². The van der Waals surface area contributed by atoms with Crippen LogP contribution in [0.1, 0.15) is 0 Å². The average molecular weight is 324 g/mol. The molecule has 0 spiro atoms. The van der Waals surface area contributed by atoms with E-state index in [9.17, 15) is 9.90 Å². The Kier molecular flexibility index (Phi) is 2.64. The minimum absolute atomic E-state index is 0.0245. The molecule has 3 rings (SSSR count). The third kappa shape index (κ3) is 1.81. The van der Waals surface area contributed by atoms with E-state index in [0.717, 1.165) is 10.2 Å². The maximum atomic E-state index is 11.5. The van der Waals surface area contributed by atoms with Crippen LogP contribution in [0.2, 0.25) is 0 Å². The molecule has 0 aliphatic heterocycles. The molecule has 90 valence electrons. The Labute approximate surface area is 113 Å². The zero-order valence-electron chi connectivity index (χ0n) is 8.85. The van der Waals surface area contributed by atoms with Crippen molar-refractivity contribution in [3.8, 4) is 17.3 Å². The van der Waals surface area contributed by atoms with Gasteiger partial charge in [-0.25, -0.2) is 0 Å². The second-order valence-electron chi connectivity index (χ2n) is 3.58. The van der Waals surface area contributed by atoms with Crippen molar-refractivity contribution in [2.45, 2.75) is 0 Å². The Morgan fingerprint density at radius 3 is 3.06 bits per heavy atom. The average Bonchev–Trinajstić information content (AvgIpc) is 2.82. The van der Waals surface area contributed by atoms with Gasteiger partial charge in [-0.2, -0.15) is 4.98 Å². The van der Waals surface area contributed by atoms with Gasteiger partial charge in [0.15, 0.2) is 0 Å². The SMILES string of the molecule is O=c1[nH]c(-c2cnc3ccsc3c2)nc(O)c1Br. The predicted molar refractivity (Wildman–Crippen MR) is 72.8 cm³/mol. The summed E-state index contributed by atoms with van der Waals surface area (Å²) in [5.74, 6) is -0.0384. The molecule has 3 heterocycles. The zero-order chi connectivity index (χ0) is 12.7. The molecule has 0 saturated carbocycles. The highest BCUT2D eigenvalue weighted by Gasteiger charge is 2.10. The van der Waals surface area contributed by atoms with E-state index in [0.29, 0.717) is 11.4 Å². The van der Waals surface area contributed by atoms with Crippen LogP contribution in [0.3, 0.4) is 0 Å². The van der Waals surface area contributed by atoms with E-state index in [2.05, 4.69) is 30.9 Å². The standard InChI is InChI=1S/C11H6BrN3O2S/c12-8-10(16)14-9(15-11(8)17)5-3-7-6(13-4-5)1-2-18-7/h1-4H,(H2,14,15,16,17). The molecule has 0 aromatic carbocycles. The van der Waals surface area contributed by atoms with E-state index >= 15 is 0 Å². The van der Waals surface area contributed by atoms with Crippen molar-refractivity contribution < 1.29 is 5.11 Å². The molecule has 0 radical (unpaired) electrons. The highest BCUT2D eigenvalue weighted by Crippen LogP contribution is 2.25. The van der Waals surface area contributed by atoms with E-state index in [1.54, 1.807) is 17.5 Å². The summed E-state index contributed by atoms with van der Waals surface area (Å²) < 4.78 is 1.02. The van der Waals surface area contributed by atoms with Gasteiger partial charge in [0.1, 0.15) is 10.3 Å². The number of aromatic hydroxyl groups is 1. The normalized spacial score (nSPS) is 10.9. The molecule has 0 amide bonds. The number of nitrogens with one attached hydrogen (secondary N) is 1. The lowest BCUT2D eigenvalue weighted by molar-refractivity contribution is 0.448. The van der Waals surface area contributed by atoms with Gasteiger partial charge in [0.05, 0.1) is 10.2 Å². The molecule has 0 aliphatic rings. The molecule has 0 unspecified atom stereocenters. The van der Waals surface area contributed by atoms with Crippen LogP contribution < -0.4 is 5.56 Å². The smallest absolute Gasteiger partial charge is 0.269 e. The van der Waals surface area contributed by atoms with Crippen LogP contribution in [-0.4, -0.2) is 20.1 Å². The van der Waals surface area contributed by atoms with Crippen LogP contribution >= 0.6 is 27.3 Å². The summed E-state index contributed by atoms with van der Waals surface area (Å²) in [5.41, 5.74) is 1.13. The largest absolute Gasteiger partial charge is 0.492 e. The van der Waals surface area contributed by atoms with E-state index in [1.807, 2.05) is 17.5 Å². The van der Waals surface area contributed by atoms with Crippen LogP contribution in [0.25, 0.3) is 21.6 Å². The van der Waals surface area contributed by atoms with Gasteiger partial charge in [-0.1, -0.05) is 0 Å². The number of rotatable bonds is 1. The second-order valence-corrected chi connectivity index (χ2v) is 5.32. The van der Waals surface area contributed by atoms with Gasteiger partial charge in [-0.15, -0.1) is 11.3 Å². The van der Waals surface area contributed by atoms with Gasteiger partial charge in [0.2, 0.25) is 5.88 Å². The molecular weight excluding hydrogens is 318 g/mol. The van der Waals surface area contributed by atoms with Crippen LogP contribution in [0.15, 0.2) is 33.0 Å². The van der Waals surface area contributed by atoms with Gasteiger partial charge < -0.3 is 10.1 Å². The van der Waals surface area contributed by atoms with E-state index in [1.165, 1.54) is 0 Å². The minimum atomic E-state index is -0.427. The number of pyridine rings is 1. The van der Waals surface area contributed by atoms with Gasteiger partial charge in [0, 0.05) is 11.8 Å². The first-order valence-electron chi connectivity index (χ1n) is 4.97. The quantitative estimate of drug-likeness (QED) is 0.721. The molecule has 3 aromatic rings. The monoisotopic (exact) mass is 323 g/mol. The van der Waals surface area contributed by atoms with Gasteiger partial charge in [0.25, 0.3) is 5.56 Å². The summed E-state index contributed by atoms with van der Waals surface area (Å²) in [6.07, 6.45) is 1.61. The van der Waals surface area contributed by atoms with Crippen molar-refractivity contribution in [3.05, 3.63) is 38.5 Å². The van der Waals surface area contributed by atoms with Crippen molar-refractivity contribution >= 4 is 37.5 Å². The number of fused-ring (bicyclic) bond motifs is 1. The zero-order valence-corrected chi connectivity index (χ0v) is 11.2. The molecule has 0 saturated heterocycles. The maximum absolute atomic E-state index is 11.5. The predicted octanol–water partition coefficient (Wildman–Crippen LogP) is 2.51. The number of halogens is 1. The van der Waals surface area contributed by atoms with Crippen molar-refractivity contribution in [1.29, 1.82) is 0 Å². The Balaban J connectivity index is 2.22. The fraction of sp³-hybridized carbons (Fsp3) is 0.